The van der Waals surface area contributed by atoms with Gasteiger partial charge in [0.15, 0.2) is 0 Å². The fourth-order valence-electron chi connectivity index (χ4n) is 3.87. The molecular formula is C28H27NO5. The first-order valence-electron chi connectivity index (χ1n) is 10.9. The summed E-state index contributed by atoms with van der Waals surface area (Å²) >= 11 is 0. The molecule has 3 aromatic carbocycles. The second kappa shape index (κ2) is 10.2. The van der Waals surface area contributed by atoms with Gasteiger partial charge in [0.1, 0.15) is 22.8 Å². The molecule has 1 N–H and O–H groups in total. The highest BCUT2D eigenvalue weighted by atomic mass is 16.5. The average Bonchev–Trinajstić information content (AvgIpc) is 3.29. The molecule has 0 aliphatic rings. The van der Waals surface area contributed by atoms with E-state index in [1.807, 2.05) is 67.6 Å². The van der Waals surface area contributed by atoms with Crippen LogP contribution in [0.15, 0.2) is 77.4 Å². The lowest BCUT2D eigenvalue weighted by Gasteiger charge is -2.11. The van der Waals surface area contributed by atoms with Crippen LogP contribution in [0.5, 0.6) is 17.2 Å². The van der Waals surface area contributed by atoms with Gasteiger partial charge in [0.2, 0.25) is 5.91 Å². The van der Waals surface area contributed by atoms with Crippen molar-refractivity contribution in [3.8, 4) is 28.4 Å². The number of amides is 1. The van der Waals surface area contributed by atoms with Crippen LogP contribution in [0.3, 0.4) is 0 Å². The summed E-state index contributed by atoms with van der Waals surface area (Å²) < 4.78 is 22.1. The molecule has 1 heterocycles. The van der Waals surface area contributed by atoms with Crippen molar-refractivity contribution in [1.29, 1.82) is 0 Å². The van der Waals surface area contributed by atoms with Crippen LogP contribution in [-0.4, -0.2) is 27.2 Å². The third-order valence-electron chi connectivity index (χ3n) is 5.69. The molecule has 0 aliphatic carbocycles. The molecule has 0 unspecified atom stereocenters. The maximum Gasteiger partial charge on any atom is 0.244 e. The molecule has 1 amide bonds. The topological polar surface area (TPSA) is 69.9 Å². The predicted octanol–water partition coefficient (Wildman–Crippen LogP) is 5.85. The number of benzene rings is 3. The maximum absolute atomic E-state index is 12.6. The summed E-state index contributed by atoms with van der Waals surface area (Å²) in [4.78, 5) is 12.6. The first-order valence-corrected chi connectivity index (χ1v) is 10.9. The Morgan fingerprint density at radius 2 is 1.65 bits per heavy atom. The Labute approximate surface area is 198 Å². The molecule has 0 saturated carbocycles. The van der Waals surface area contributed by atoms with Gasteiger partial charge in [0, 0.05) is 40.8 Å². The van der Waals surface area contributed by atoms with E-state index in [0.29, 0.717) is 17.9 Å². The maximum atomic E-state index is 12.6. The van der Waals surface area contributed by atoms with Crippen LogP contribution in [0.25, 0.3) is 27.7 Å². The standard InChI is InChI=1S/C28H27NO5/c1-18(13-28(30)29-16-19-9-11-20(31-2)12-10-19)22-14-23-24(17-34-27(23)15-26(22)33-4)21-7-5-6-8-25(21)32-3/h5-15,17H,16H2,1-4H3,(H,29,30)/b18-13+. The summed E-state index contributed by atoms with van der Waals surface area (Å²) in [5.41, 5.74) is 5.11. The fourth-order valence-corrected chi connectivity index (χ4v) is 3.87. The summed E-state index contributed by atoms with van der Waals surface area (Å²) in [7, 11) is 4.87. The Hall–Kier alpha value is -4.19. The molecule has 4 rings (SSSR count). The number of fused-ring (bicyclic) bond motifs is 1. The predicted molar refractivity (Wildman–Crippen MR) is 133 cm³/mol. The molecule has 0 bridgehead atoms. The van der Waals surface area contributed by atoms with Crippen molar-refractivity contribution in [1.82, 2.24) is 5.32 Å². The molecule has 34 heavy (non-hydrogen) atoms. The minimum Gasteiger partial charge on any atom is -0.497 e. The molecule has 0 atom stereocenters. The van der Waals surface area contributed by atoms with Crippen molar-refractivity contribution >= 4 is 22.4 Å². The normalized spacial score (nSPS) is 11.4. The molecule has 1 aromatic heterocycles. The lowest BCUT2D eigenvalue weighted by atomic mass is 9.98. The highest BCUT2D eigenvalue weighted by Crippen LogP contribution is 2.40. The van der Waals surface area contributed by atoms with E-state index < -0.39 is 0 Å². The van der Waals surface area contributed by atoms with E-state index in [1.54, 1.807) is 33.7 Å². The van der Waals surface area contributed by atoms with Gasteiger partial charge in [0.05, 0.1) is 27.6 Å². The van der Waals surface area contributed by atoms with E-state index in [-0.39, 0.29) is 5.91 Å². The Balaban J connectivity index is 1.62. The molecule has 6 nitrogen and oxygen atoms in total. The smallest absolute Gasteiger partial charge is 0.244 e. The molecule has 0 aliphatic heterocycles. The number of ether oxygens (including phenoxy) is 3. The molecule has 0 fully saturated rings. The molecular weight excluding hydrogens is 430 g/mol. The number of hydrogen-bond donors (Lipinski definition) is 1. The van der Waals surface area contributed by atoms with E-state index in [0.717, 1.165) is 44.7 Å². The summed E-state index contributed by atoms with van der Waals surface area (Å²) in [5, 5.41) is 3.84. The van der Waals surface area contributed by atoms with Crippen LogP contribution in [0.2, 0.25) is 0 Å². The second-order valence-electron chi connectivity index (χ2n) is 7.79. The van der Waals surface area contributed by atoms with Gasteiger partial charge in [-0.2, -0.15) is 0 Å². The van der Waals surface area contributed by atoms with Gasteiger partial charge < -0.3 is 23.9 Å². The minimum absolute atomic E-state index is 0.187. The largest absolute Gasteiger partial charge is 0.497 e. The average molecular weight is 458 g/mol. The summed E-state index contributed by atoms with van der Waals surface area (Å²) in [6.45, 7) is 2.31. The van der Waals surface area contributed by atoms with Gasteiger partial charge in [-0.3, -0.25) is 4.79 Å². The van der Waals surface area contributed by atoms with E-state index in [9.17, 15) is 4.79 Å². The first kappa shape index (κ1) is 23.0. The van der Waals surface area contributed by atoms with E-state index in [1.165, 1.54) is 0 Å². The van der Waals surface area contributed by atoms with Crippen LogP contribution in [0.1, 0.15) is 18.1 Å². The Morgan fingerprint density at radius 3 is 2.35 bits per heavy atom. The summed E-state index contributed by atoms with van der Waals surface area (Å²) in [6.07, 6.45) is 3.29. The minimum atomic E-state index is -0.187. The molecule has 174 valence electrons. The number of carbonyl (C=O) groups is 1. The van der Waals surface area contributed by atoms with E-state index >= 15 is 0 Å². The van der Waals surface area contributed by atoms with Crippen molar-refractivity contribution in [2.75, 3.05) is 21.3 Å². The zero-order chi connectivity index (χ0) is 24.1. The monoisotopic (exact) mass is 457 g/mol. The van der Waals surface area contributed by atoms with Gasteiger partial charge in [0.25, 0.3) is 0 Å². The van der Waals surface area contributed by atoms with Crippen molar-refractivity contribution < 1.29 is 23.4 Å². The number of rotatable bonds is 8. The Kier molecular flexibility index (Phi) is 6.87. The number of methoxy groups -OCH3 is 3. The molecule has 0 spiro atoms. The van der Waals surface area contributed by atoms with Crippen molar-refractivity contribution in [2.45, 2.75) is 13.5 Å². The van der Waals surface area contributed by atoms with Crippen LogP contribution in [0.4, 0.5) is 0 Å². The number of nitrogens with one attached hydrogen (secondary N) is 1. The van der Waals surface area contributed by atoms with Gasteiger partial charge in [-0.05, 0) is 42.3 Å². The van der Waals surface area contributed by atoms with Crippen LogP contribution in [0, 0.1) is 0 Å². The van der Waals surface area contributed by atoms with Crippen molar-refractivity contribution in [2.24, 2.45) is 0 Å². The summed E-state index contributed by atoms with van der Waals surface area (Å²) in [5.74, 6) is 1.98. The van der Waals surface area contributed by atoms with E-state index in [4.69, 9.17) is 18.6 Å². The summed E-state index contributed by atoms with van der Waals surface area (Å²) in [6, 6.07) is 19.2. The molecule has 4 aromatic rings. The quantitative estimate of drug-likeness (QED) is 0.336. The van der Waals surface area contributed by atoms with Gasteiger partial charge in [-0.15, -0.1) is 0 Å². The lowest BCUT2D eigenvalue weighted by molar-refractivity contribution is -0.116. The third kappa shape index (κ3) is 4.76. The van der Waals surface area contributed by atoms with Crippen LogP contribution >= 0.6 is 0 Å². The molecule has 0 saturated heterocycles. The van der Waals surface area contributed by atoms with Crippen molar-refractivity contribution in [3.05, 3.63) is 84.1 Å². The fraction of sp³-hybridized carbons (Fsp3) is 0.179. The Bertz CT molecular complexity index is 1330. The van der Waals surface area contributed by atoms with Crippen LogP contribution < -0.4 is 19.5 Å². The highest BCUT2D eigenvalue weighted by molar-refractivity contribution is 6.01. The first-order chi connectivity index (χ1) is 16.5. The molecule has 6 heteroatoms. The highest BCUT2D eigenvalue weighted by Gasteiger charge is 2.17. The SMILES string of the molecule is COc1ccc(CNC(=O)/C=C(\C)c2cc3c(-c4ccccc4OC)coc3cc2OC)cc1. The van der Waals surface area contributed by atoms with E-state index in [2.05, 4.69) is 5.32 Å². The van der Waals surface area contributed by atoms with Gasteiger partial charge >= 0.3 is 0 Å². The van der Waals surface area contributed by atoms with Gasteiger partial charge in [-0.1, -0.05) is 30.3 Å². The third-order valence-corrected chi connectivity index (χ3v) is 5.69. The number of allylic oxidation sites excluding steroid dienone is 1. The number of hydrogen-bond acceptors (Lipinski definition) is 5. The number of furan rings is 1. The van der Waals surface area contributed by atoms with Gasteiger partial charge in [-0.25, -0.2) is 0 Å². The Morgan fingerprint density at radius 1 is 0.912 bits per heavy atom. The van der Waals surface area contributed by atoms with Crippen molar-refractivity contribution in [3.63, 3.8) is 0 Å². The zero-order valence-corrected chi connectivity index (χ0v) is 19.7. The number of para-hydroxylation sites is 1. The van der Waals surface area contributed by atoms with Crippen LogP contribution in [-0.2, 0) is 11.3 Å². The molecule has 0 radical (unpaired) electrons. The lowest BCUT2D eigenvalue weighted by Crippen LogP contribution is -2.20. The zero-order valence-electron chi connectivity index (χ0n) is 19.7. The number of carbonyl (C=O) groups excluding carboxylic acids is 1. The second-order valence-corrected chi connectivity index (χ2v) is 7.79.